The fourth-order valence-electron chi connectivity index (χ4n) is 3.11. The Morgan fingerprint density at radius 2 is 1.75 bits per heavy atom. The summed E-state index contributed by atoms with van der Waals surface area (Å²) in [5, 5.41) is 15.0. The number of phenolic OH excluding ortho intramolecular Hbond substituents is 1. The van der Waals surface area contributed by atoms with E-state index in [0.717, 1.165) is 16.9 Å². The highest BCUT2D eigenvalue weighted by atomic mass is 35.5. The second-order valence-electron chi connectivity index (χ2n) is 6.52. The molecule has 1 heterocycles. The molecule has 3 aromatic carbocycles. The number of phenols is 1. The van der Waals surface area contributed by atoms with Crippen LogP contribution in [0.3, 0.4) is 0 Å². The third kappa shape index (κ3) is 3.44. The number of benzene rings is 3. The molecule has 0 aliphatic heterocycles. The van der Waals surface area contributed by atoms with E-state index in [1.165, 1.54) is 0 Å². The number of nitrogens with one attached hydrogen (secondary N) is 1. The molecule has 2 N–H and O–H groups in total. The van der Waals surface area contributed by atoms with Crippen LogP contribution in [-0.2, 0) is 0 Å². The van der Waals surface area contributed by atoms with Crippen LogP contribution in [0.2, 0.25) is 5.02 Å². The van der Waals surface area contributed by atoms with Gasteiger partial charge in [-0.1, -0.05) is 35.9 Å². The Balaban J connectivity index is 1.85. The average molecular weight is 391 g/mol. The van der Waals surface area contributed by atoms with Crippen LogP contribution in [0, 0.1) is 6.92 Å². The number of hydrogen-bond donors (Lipinski definition) is 2. The van der Waals surface area contributed by atoms with Crippen molar-refractivity contribution in [3.8, 4) is 5.75 Å². The summed E-state index contributed by atoms with van der Waals surface area (Å²) in [6, 6.07) is 20.7. The van der Waals surface area contributed by atoms with Crippen molar-refractivity contribution < 1.29 is 5.11 Å². The average Bonchev–Trinajstić information content (AvgIpc) is 2.70. The van der Waals surface area contributed by atoms with Gasteiger partial charge in [-0.3, -0.25) is 0 Å². The first-order valence-electron chi connectivity index (χ1n) is 8.84. The number of halogens is 1. The largest absolute Gasteiger partial charge is 0.507 e. The van der Waals surface area contributed by atoms with Gasteiger partial charge in [0, 0.05) is 23.4 Å². The van der Waals surface area contributed by atoms with Crippen LogP contribution in [-0.4, -0.2) is 22.1 Å². The number of hydrogen-bond acceptors (Lipinski definition) is 5. The van der Waals surface area contributed by atoms with Gasteiger partial charge in [0.15, 0.2) is 0 Å². The minimum Gasteiger partial charge on any atom is -0.507 e. The summed E-state index contributed by atoms with van der Waals surface area (Å²) in [5.74, 6) is 1.20. The zero-order valence-electron chi connectivity index (χ0n) is 15.5. The Hall–Kier alpha value is -3.31. The van der Waals surface area contributed by atoms with Crippen LogP contribution in [0.1, 0.15) is 5.56 Å². The lowest BCUT2D eigenvalue weighted by Gasteiger charge is -2.21. The van der Waals surface area contributed by atoms with Crippen LogP contribution in [0.25, 0.3) is 10.9 Å². The molecule has 0 aliphatic rings. The first-order chi connectivity index (χ1) is 13.5. The maximum absolute atomic E-state index is 10.5. The Bertz CT molecular complexity index is 1150. The minimum absolute atomic E-state index is 0.143. The molecule has 4 rings (SSSR count). The predicted octanol–water partition coefficient (Wildman–Crippen LogP) is 5.81. The van der Waals surface area contributed by atoms with Gasteiger partial charge in [0.2, 0.25) is 5.95 Å². The molecule has 28 heavy (non-hydrogen) atoms. The van der Waals surface area contributed by atoms with Crippen molar-refractivity contribution in [1.29, 1.82) is 0 Å². The van der Waals surface area contributed by atoms with E-state index in [1.807, 2.05) is 73.5 Å². The lowest BCUT2D eigenvalue weighted by atomic mass is 10.2. The normalized spacial score (nSPS) is 10.8. The number of aryl methyl sites for hydroxylation is 1. The highest BCUT2D eigenvalue weighted by molar-refractivity contribution is 6.30. The molecule has 5 nitrogen and oxygen atoms in total. The SMILES string of the molecule is Cc1cc(Cl)ccc1Nc1nc(N(C)c2ccccc2)c2c(O)cccc2n1. The van der Waals surface area contributed by atoms with Gasteiger partial charge in [-0.05, 0) is 55.0 Å². The quantitative estimate of drug-likeness (QED) is 0.460. The minimum atomic E-state index is 0.143. The first kappa shape index (κ1) is 18.1. The Kier molecular flexibility index (Phi) is 4.75. The van der Waals surface area contributed by atoms with E-state index in [0.29, 0.717) is 27.7 Å². The van der Waals surface area contributed by atoms with Gasteiger partial charge in [0.05, 0.1) is 10.9 Å². The second-order valence-corrected chi connectivity index (χ2v) is 6.96. The first-order valence-corrected chi connectivity index (χ1v) is 9.22. The zero-order chi connectivity index (χ0) is 19.7. The predicted molar refractivity (Wildman–Crippen MR) is 115 cm³/mol. The van der Waals surface area contributed by atoms with Gasteiger partial charge in [-0.15, -0.1) is 0 Å². The van der Waals surface area contributed by atoms with Gasteiger partial charge < -0.3 is 15.3 Å². The molecule has 0 saturated heterocycles. The van der Waals surface area contributed by atoms with Crippen LogP contribution in [0.4, 0.5) is 23.1 Å². The molecule has 6 heteroatoms. The van der Waals surface area contributed by atoms with Gasteiger partial charge in [-0.25, -0.2) is 4.98 Å². The van der Waals surface area contributed by atoms with E-state index in [-0.39, 0.29) is 5.75 Å². The Labute approximate surface area is 168 Å². The molecule has 0 fully saturated rings. The highest BCUT2D eigenvalue weighted by Gasteiger charge is 2.16. The van der Waals surface area contributed by atoms with Crippen molar-refractivity contribution in [2.45, 2.75) is 6.92 Å². The molecule has 0 amide bonds. The zero-order valence-corrected chi connectivity index (χ0v) is 16.3. The van der Waals surface area contributed by atoms with E-state index in [1.54, 1.807) is 12.1 Å². The molecule has 140 valence electrons. The van der Waals surface area contributed by atoms with Crippen LogP contribution < -0.4 is 10.2 Å². The van der Waals surface area contributed by atoms with Crippen LogP contribution >= 0.6 is 11.6 Å². The van der Waals surface area contributed by atoms with Crippen molar-refractivity contribution >= 4 is 45.6 Å². The summed E-state index contributed by atoms with van der Waals surface area (Å²) in [7, 11) is 1.92. The molecule has 0 bridgehead atoms. The number of anilines is 4. The molecule has 0 radical (unpaired) electrons. The summed E-state index contributed by atoms with van der Waals surface area (Å²) >= 11 is 6.06. The molecule has 0 spiro atoms. The summed E-state index contributed by atoms with van der Waals surface area (Å²) < 4.78 is 0. The van der Waals surface area contributed by atoms with Crippen molar-refractivity contribution in [2.24, 2.45) is 0 Å². The number of rotatable bonds is 4. The molecule has 0 saturated carbocycles. The van der Waals surface area contributed by atoms with E-state index in [9.17, 15) is 5.11 Å². The Morgan fingerprint density at radius 1 is 0.964 bits per heavy atom. The van der Waals surface area contributed by atoms with Gasteiger partial charge in [0.1, 0.15) is 11.6 Å². The summed E-state index contributed by atoms with van der Waals surface area (Å²) in [6.45, 7) is 1.97. The number of fused-ring (bicyclic) bond motifs is 1. The molecular formula is C22H19ClN4O. The number of para-hydroxylation sites is 1. The Morgan fingerprint density at radius 3 is 2.50 bits per heavy atom. The second kappa shape index (κ2) is 7.37. The summed E-state index contributed by atoms with van der Waals surface area (Å²) in [6.07, 6.45) is 0. The van der Waals surface area contributed by atoms with Crippen LogP contribution in [0.15, 0.2) is 66.7 Å². The lowest BCUT2D eigenvalue weighted by Crippen LogP contribution is -2.13. The number of aromatic nitrogens is 2. The van der Waals surface area contributed by atoms with Gasteiger partial charge in [-0.2, -0.15) is 4.98 Å². The summed E-state index contributed by atoms with van der Waals surface area (Å²) in [4.78, 5) is 11.2. The van der Waals surface area contributed by atoms with Crippen molar-refractivity contribution in [1.82, 2.24) is 9.97 Å². The third-order valence-corrected chi connectivity index (χ3v) is 4.81. The molecule has 0 aliphatic carbocycles. The standard InChI is InChI=1S/C22H19ClN4O/c1-14-13-15(23)11-12-17(14)24-22-25-18-9-6-10-19(28)20(18)21(26-22)27(2)16-7-4-3-5-8-16/h3-13,28H,1-2H3,(H,24,25,26). The maximum atomic E-state index is 10.5. The molecular weight excluding hydrogens is 372 g/mol. The monoisotopic (exact) mass is 390 g/mol. The van der Waals surface area contributed by atoms with Gasteiger partial charge >= 0.3 is 0 Å². The van der Waals surface area contributed by atoms with E-state index >= 15 is 0 Å². The third-order valence-electron chi connectivity index (χ3n) is 4.58. The van der Waals surface area contributed by atoms with E-state index < -0.39 is 0 Å². The lowest BCUT2D eigenvalue weighted by molar-refractivity contribution is 0.481. The van der Waals surface area contributed by atoms with Crippen molar-refractivity contribution in [3.63, 3.8) is 0 Å². The number of nitrogens with zero attached hydrogens (tertiary/aromatic N) is 3. The number of aromatic hydroxyl groups is 1. The van der Waals surface area contributed by atoms with Crippen molar-refractivity contribution in [2.75, 3.05) is 17.3 Å². The van der Waals surface area contributed by atoms with Gasteiger partial charge in [0.25, 0.3) is 0 Å². The smallest absolute Gasteiger partial charge is 0.229 e. The molecule has 0 atom stereocenters. The molecule has 0 unspecified atom stereocenters. The molecule has 1 aromatic heterocycles. The topological polar surface area (TPSA) is 61.3 Å². The van der Waals surface area contributed by atoms with E-state index in [2.05, 4.69) is 10.3 Å². The highest BCUT2D eigenvalue weighted by Crippen LogP contribution is 2.35. The van der Waals surface area contributed by atoms with Crippen LogP contribution in [0.5, 0.6) is 5.75 Å². The fourth-order valence-corrected chi connectivity index (χ4v) is 3.33. The fraction of sp³-hybridized carbons (Fsp3) is 0.0909. The summed E-state index contributed by atoms with van der Waals surface area (Å²) in [5.41, 5.74) is 3.48. The maximum Gasteiger partial charge on any atom is 0.229 e. The van der Waals surface area contributed by atoms with E-state index in [4.69, 9.17) is 16.6 Å². The van der Waals surface area contributed by atoms with Crippen molar-refractivity contribution in [3.05, 3.63) is 77.3 Å². The molecule has 4 aromatic rings.